The highest BCUT2D eigenvalue weighted by atomic mass is 19.1. The Balaban J connectivity index is 2.20. The summed E-state index contributed by atoms with van der Waals surface area (Å²) in [4.78, 5) is 2.11. The van der Waals surface area contributed by atoms with Crippen molar-refractivity contribution in [1.82, 2.24) is 4.90 Å². The van der Waals surface area contributed by atoms with Crippen LogP contribution in [0.5, 0.6) is 0 Å². The van der Waals surface area contributed by atoms with Gasteiger partial charge >= 0.3 is 0 Å². The minimum Gasteiger partial charge on any atom is -0.389 e. The summed E-state index contributed by atoms with van der Waals surface area (Å²) in [5.41, 5.74) is -0.531. The van der Waals surface area contributed by atoms with Crippen LogP contribution in [0.25, 0.3) is 0 Å². The zero-order chi connectivity index (χ0) is 8.32. The third-order valence-corrected chi connectivity index (χ3v) is 2.14. The molecule has 0 saturated carbocycles. The number of halogens is 1. The molecule has 0 aliphatic carbocycles. The number of β-amino-alcohol motifs (C(OH)–C–C–N with tert-alkyl or cyclic N) is 1. The van der Waals surface area contributed by atoms with Crippen LogP contribution in [0.1, 0.15) is 19.8 Å². The van der Waals surface area contributed by atoms with Gasteiger partial charge in [0, 0.05) is 19.6 Å². The van der Waals surface area contributed by atoms with E-state index in [1.54, 1.807) is 0 Å². The van der Waals surface area contributed by atoms with Gasteiger partial charge in [-0.3, -0.25) is 4.39 Å². The maximum Gasteiger partial charge on any atom is 0.0906 e. The Labute approximate surface area is 67.0 Å². The minimum absolute atomic E-state index is 0.251. The van der Waals surface area contributed by atoms with Gasteiger partial charge in [-0.2, -0.15) is 0 Å². The maximum absolute atomic E-state index is 11.7. The molecule has 1 N–H and O–H groups in total. The molecular formula is C8H16FNO. The number of hydrogen-bond acceptors (Lipinski definition) is 2. The average molecular weight is 161 g/mol. The predicted octanol–water partition coefficient (Wildman–Crippen LogP) is 0.803. The molecule has 11 heavy (non-hydrogen) atoms. The topological polar surface area (TPSA) is 23.5 Å². The van der Waals surface area contributed by atoms with Crippen molar-refractivity contribution in [3.8, 4) is 0 Å². The van der Waals surface area contributed by atoms with Gasteiger partial charge in [0.2, 0.25) is 0 Å². The van der Waals surface area contributed by atoms with Crippen LogP contribution in [0, 0.1) is 0 Å². The fourth-order valence-electron chi connectivity index (χ4n) is 1.51. The van der Waals surface area contributed by atoms with Gasteiger partial charge in [0.05, 0.1) is 12.3 Å². The molecule has 1 saturated heterocycles. The van der Waals surface area contributed by atoms with Crippen molar-refractivity contribution >= 4 is 0 Å². The van der Waals surface area contributed by atoms with Crippen LogP contribution in [-0.4, -0.2) is 41.9 Å². The van der Waals surface area contributed by atoms with E-state index in [9.17, 15) is 9.50 Å². The molecule has 0 radical (unpaired) electrons. The molecule has 0 aromatic carbocycles. The second kappa shape index (κ2) is 3.50. The van der Waals surface area contributed by atoms with Gasteiger partial charge in [0.1, 0.15) is 0 Å². The van der Waals surface area contributed by atoms with E-state index in [0.29, 0.717) is 13.0 Å². The molecular weight excluding hydrogens is 145 g/mol. The second-order valence-electron chi connectivity index (χ2n) is 3.57. The van der Waals surface area contributed by atoms with Crippen LogP contribution in [0.4, 0.5) is 4.39 Å². The molecule has 66 valence electrons. The van der Waals surface area contributed by atoms with Crippen molar-refractivity contribution in [2.45, 2.75) is 25.4 Å². The monoisotopic (exact) mass is 161 g/mol. The minimum atomic E-state index is -0.531. The molecule has 0 bridgehead atoms. The molecule has 1 heterocycles. The summed E-state index contributed by atoms with van der Waals surface area (Å²) < 4.78 is 11.7. The quantitative estimate of drug-likeness (QED) is 0.662. The van der Waals surface area contributed by atoms with Crippen molar-refractivity contribution in [3.63, 3.8) is 0 Å². The largest absolute Gasteiger partial charge is 0.389 e. The summed E-state index contributed by atoms with van der Waals surface area (Å²) in [5, 5.41) is 9.53. The van der Waals surface area contributed by atoms with E-state index in [2.05, 4.69) is 4.90 Å². The summed E-state index contributed by atoms with van der Waals surface area (Å²) in [6.45, 7) is 3.98. The van der Waals surface area contributed by atoms with Crippen molar-refractivity contribution in [1.29, 1.82) is 0 Å². The van der Waals surface area contributed by atoms with Crippen molar-refractivity contribution < 1.29 is 9.50 Å². The van der Waals surface area contributed by atoms with E-state index in [4.69, 9.17) is 0 Å². The fourth-order valence-corrected chi connectivity index (χ4v) is 1.51. The Morgan fingerprint density at radius 3 is 2.82 bits per heavy atom. The molecule has 2 nitrogen and oxygen atoms in total. The zero-order valence-corrected chi connectivity index (χ0v) is 7.02. The first-order valence-electron chi connectivity index (χ1n) is 4.15. The van der Waals surface area contributed by atoms with Crippen molar-refractivity contribution in [2.75, 3.05) is 26.3 Å². The fraction of sp³-hybridized carbons (Fsp3) is 1.00. The predicted molar refractivity (Wildman–Crippen MR) is 42.3 cm³/mol. The molecule has 1 atom stereocenters. The number of likely N-dealkylation sites (tertiary alicyclic amines) is 1. The lowest BCUT2D eigenvalue weighted by Gasteiger charge is -2.17. The van der Waals surface area contributed by atoms with Gasteiger partial charge in [-0.1, -0.05) is 0 Å². The van der Waals surface area contributed by atoms with Crippen LogP contribution >= 0.6 is 0 Å². The Kier molecular flexibility index (Phi) is 2.84. The number of rotatable bonds is 3. The highest BCUT2D eigenvalue weighted by Gasteiger charge is 2.30. The van der Waals surface area contributed by atoms with Crippen LogP contribution in [0.2, 0.25) is 0 Å². The summed E-state index contributed by atoms with van der Waals surface area (Å²) in [6, 6.07) is 0. The summed E-state index contributed by atoms with van der Waals surface area (Å²) in [6.07, 6.45) is 1.41. The van der Waals surface area contributed by atoms with Gasteiger partial charge in [0.25, 0.3) is 0 Å². The first-order chi connectivity index (χ1) is 5.14. The Morgan fingerprint density at radius 1 is 1.64 bits per heavy atom. The van der Waals surface area contributed by atoms with Gasteiger partial charge in [0.15, 0.2) is 0 Å². The van der Waals surface area contributed by atoms with Gasteiger partial charge < -0.3 is 10.0 Å². The smallest absolute Gasteiger partial charge is 0.0906 e. The first kappa shape index (κ1) is 8.94. The standard InChI is InChI=1S/C8H16FNO/c1-8(11)3-6-10(7-8)5-2-4-9/h11H,2-7H2,1H3. The molecule has 1 unspecified atom stereocenters. The average Bonchev–Trinajstić information content (AvgIpc) is 2.26. The van der Waals surface area contributed by atoms with E-state index in [1.807, 2.05) is 6.92 Å². The summed E-state index contributed by atoms with van der Waals surface area (Å²) >= 11 is 0. The molecule has 0 spiro atoms. The summed E-state index contributed by atoms with van der Waals surface area (Å²) in [7, 11) is 0. The van der Waals surface area contributed by atoms with E-state index in [0.717, 1.165) is 19.5 Å². The van der Waals surface area contributed by atoms with Gasteiger partial charge in [-0.15, -0.1) is 0 Å². The van der Waals surface area contributed by atoms with Crippen LogP contribution < -0.4 is 0 Å². The third kappa shape index (κ3) is 2.75. The van der Waals surface area contributed by atoms with Crippen molar-refractivity contribution in [3.05, 3.63) is 0 Å². The van der Waals surface area contributed by atoms with Crippen LogP contribution in [-0.2, 0) is 0 Å². The molecule has 0 amide bonds. The van der Waals surface area contributed by atoms with Gasteiger partial charge in [-0.25, -0.2) is 0 Å². The Morgan fingerprint density at radius 2 is 2.36 bits per heavy atom. The van der Waals surface area contributed by atoms with Gasteiger partial charge in [-0.05, 0) is 19.8 Å². The van der Waals surface area contributed by atoms with E-state index in [1.165, 1.54) is 0 Å². The van der Waals surface area contributed by atoms with Crippen LogP contribution in [0.15, 0.2) is 0 Å². The maximum atomic E-state index is 11.7. The number of hydrogen-bond donors (Lipinski definition) is 1. The second-order valence-corrected chi connectivity index (χ2v) is 3.57. The van der Waals surface area contributed by atoms with Crippen molar-refractivity contribution in [2.24, 2.45) is 0 Å². The number of nitrogens with zero attached hydrogens (tertiary/aromatic N) is 1. The molecule has 3 heteroatoms. The molecule has 1 rings (SSSR count). The first-order valence-corrected chi connectivity index (χ1v) is 4.15. The molecule has 1 fully saturated rings. The lowest BCUT2D eigenvalue weighted by atomic mass is 10.1. The Bertz CT molecular complexity index is 127. The molecule has 0 aromatic heterocycles. The lowest BCUT2D eigenvalue weighted by Crippen LogP contribution is -2.30. The molecule has 0 aromatic rings. The van der Waals surface area contributed by atoms with E-state index in [-0.39, 0.29) is 6.67 Å². The number of alkyl halides is 1. The normalized spacial score (nSPS) is 33.0. The Hall–Kier alpha value is -0.150. The third-order valence-electron chi connectivity index (χ3n) is 2.14. The SMILES string of the molecule is CC1(O)CCN(CCCF)C1. The highest BCUT2D eigenvalue weighted by Crippen LogP contribution is 2.19. The highest BCUT2D eigenvalue weighted by molar-refractivity contribution is 4.85. The van der Waals surface area contributed by atoms with E-state index >= 15 is 0 Å². The molecule has 1 aliphatic heterocycles. The number of aliphatic hydroxyl groups is 1. The van der Waals surface area contributed by atoms with Crippen LogP contribution in [0.3, 0.4) is 0 Å². The molecule has 1 aliphatic rings. The zero-order valence-electron chi connectivity index (χ0n) is 7.02. The van der Waals surface area contributed by atoms with E-state index < -0.39 is 5.60 Å². The summed E-state index contributed by atoms with van der Waals surface area (Å²) in [5.74, 6) is 0. The lowest BCUT2D eigenvalue weighted by molar-refractivity contribution is 0.0684.